The number of nitrogens with zero attached hydrogens (tertiary/aromatic N) is 1. The van der Waals surface area contributed by atoms with Crippen molar-refractivity contribution < 1.29 is 27.8 Å². The minimum absolute atomic E-state index is 0.000872. The number of hydrogen-bond acceptors (Lipinski definition) is 3. The van der Waals surface area contributed by atoms with Crippen LogP contribution in [0.4, 0.5) is 17.6 Å². The molecule has 160 valence electrons. The molecule has 7 heteroatoms. The number of phenols is 1. The van der Waals surface area contributed by atoms with Gasteiger partial charge in [-0.2, -0.15) is 13.2 Å². The second kappa shape index (κ2) is 7.54. The van der Waals surface area contributed by atoms with Crippen LogP contribution >= 0.6 is 0 Å². The summed E-state index contributed by atoms with van der Waals surface area (Å²) in [6, 6.07) is 11.5. The molecule has 3 nitrogen and oxygen atoms in total. The van der Waals surface area contributed by atoms with E-state index in [2.05, 4.69) is 4.98 Å². The Labute approximate surface area is 172 Å². The molecule has 1 aromatic heterocycles. The molecule has 0 saturated carbocycles. The van der Waals surface area contributed by atoms with Gasteiger partial charge in [-0.05, 0) is 54.7 Å². The number of aromatic hydroxyl groups is 1. The monoisotopic (exact) mass is 421 g/mol. The van der Waals surface area contributed by atoms with E-state index < -0.39 is 35.9 Å². The van der Waals surface area contributed by atoms with Crippen LogP contribution in [-0.2, 0) is 11.8 Å². The van der Waals surface area contributed by atoms with Crippen LogP contribution in [0.5, 0.6) is 5.75 Å². The number of aliphatic hydroxyl groups is 1. The van der Waals surface area contributed by atoms with Crippen molar-refractivity contribution in [3.8, 4) is 5.75 Å². The number of phenolic OH excluding ortho intramolecular Hbond substituents is 1. The molecule has 1 atom stereocenters. The summed E-state index contributed by atoms with van der Waals surface area (Å²) in [5.41, 5.74) is -3.08. The summed E-state index contributed by atoms with van der Waals surface area (Å²) in [5.74, 6) is -1.00. The topological polar surface area (TPSA) is 53.4 Å². The van der Waals surface area contributed by atoms with Crippen molar-refractivity contribution in [3.63, 3.8) is 0 Å². The van der Waals surface area contributed by atoms with Gasteiger partial charge in [-0.3, -0.25) is 4.98 Å². The van der Waals surface area contributed by atoms with Crippen LogP contribution in [0.3, 0.4) is 0 Å². The van der Waals surface area contributed by atoms with Crippen LogP contribution in [0.25, 0.3) is 10.9 Å². The SMILES string of the molecule is Cc1cc(CC(O)(CC(C)(C)c2cc(F)ccc2O)C(F)(F)F)c2ccccc2n1. The number of halogens is 4. The second-order valence-electron chi connectivity index (χ2n) is 8.37. The molecule has 0 aliphatic carbocycles. The van der Waals surface area contributed by atoms with Crippen LogP contribution in [0.1, 0.15) is 37.1 Å². The lowest BCUT2D eigenvalue weighted by molar-refractivity contribution is -0.266. The molecule has 0 bridgehead atoms. The summed E-state index contributed by atoms with van der Waals surface area (Å²) in [4.78, 5) is 4.33. The highest BCUT2D eigenvalue weighted by molar-refractivity contribution is 5.82. The fourth-order valence-corrected chi connectivity index (χ4v) is 4.00. The Kier molecular flexibility index (Phi) is 5.54. The van der Waals surface area contributed by atoms with Gasteiger partial charge in [0, 0.05) is 23.1 Å². The number of aromatic nitrogens is 1. The number of hydrogen-bond donors (Lipinski definition) is 2. The molecule has 0 spiro atoms. The lowest BCUT2D eigenvalue weighted by Crippen LogP contribution is -2.50. The zero-order valence-electron chi connectivity index (χ0n) is 16.9. The number of fused-ring (bicyclic) bond motifs is 1. The predicted molar refractivity (Wildman–Crippen MR) is 107 cm³/mol. The lowest BCUT2D eigenvalue weighted by atomic mass is 9.72. The van der Waals surface area contributed by atoms with Crippen molar-refractivity contribution in [1.82, 2.24) is 4.98 Å². The first kappa shape index (κ1) is 22.0. The van der Waals surface area contributed by atoms with Gasteiger partial charge >= 0.3 is 6.18 Å². The Balaban J connectivity index is 2.07. The van der Waals surface area contributed by atoms with Gasteiger partial charge in [-0.15, -0.1) is 0 Å². The van der Waals surface area contributed by atoms with E-state index in [1.54, 1.807) is 31.2 Å². The largest absolute Gasteiger partial charge is 0.508 e. The number of rotatable bonds is 5. The fraction of sp³-hybridized carbons (Fsp3) is 0.348. The summed E-state index contributed by atoms with van der Waals surface area (Å²) in [6.45, 7) is 4.56. The molecular formula is C23H23F4NO2. The van der Waals surface area contributed by atoms with Crippen molar-refractivity contribution in [2.75, 3.05) is 0 Å². The Morgan fingerprint density at radius 1 is 1.00 bits per heavy atom. The molecule has 1 heterocycles. The second-order valence-corrected chi connectivity index (χ2v) is 8.37. The minimum atomic E-state index is -4.95. The van der Waals surface area contributed by atoms with E-state index in [4.69, 9.17) is 0 Å². The zero-order valence-corrected chi connectivity index (χ0v) is 16.9. The van der Waals surface area contributed by atoms with E-state index >= 15 is 0 Å². The first-order chi connectivity index (χ1) is 13.8. The van der Waals surface area contributed by atoms with E-state index in [0.717, 1.165) is 18.2 Å². The van der Waals surface area contributed by atoms with Crippen molar-refractivity contribution in [2.24, 2.45) is 0 Å². The first-order valence-corrected chi connectivity index (χ1v) is 9.46. The number of para-hydroxylation sites is 1. The Bertz CT molecular complexity index is 1080. The molecule has 1 unspecified atom stereocenters. The predicted octanol–water partition coefficient (Wildman–Crippen LogP) is 5.59. The highest BCUT2D eigenvalue weighted by Gasteiger charge is 2.56. The van der Waals surface area contributed by atoms with Gasteiger partial charge in [0.15, 0.2) is 5.60 Å². The maximum atomic E-state index is 14.1. The van der Waals surface area contributed by atoms with Crippen LogP contribution in [0.15, 0.2) is 48.5 Å². The molecular weight excluding hydrogens is 398 g/mol. The number of benzene rings is 2. The smallest absolute Gasteiger partial charge is 0.417 e. The number of aryl methyl sites for hydroxylation is 1. The zero-order chi connectivity index (χ0) is 22.3. The molecule has 30 heavy (non-hydrogen) atoms. The summed E-state index contributed by atoms with van der Waals surface area (Å²) < 4.78 is 56.1. The lowest BCUT2D eigenvalue weighted by Gasteiger charge is -2.38. The molecule has 0 aliphatic rings. The molecule has 3 rings (SSSR count). The molecule has 3 aromatic rings. The van der Waals surface area contributed by atoms with Crippen molar-refractivity contribution in [2.45, 2.75) is 50.8 Å². The van der Waals surface area contributed by atoms with E-state index in [0.29, 0.717) is 22.2 Å². The summed E-state index contributed by atoms with van der Waals surface area (Å²) in [7, 11) is 0. The maximum Gasteiger partial charge on any atom is 0.417 e. The molecule has 2 aromatic carbocycles. The third-order valence-electron chi connectivity index (χ3n) is 5.36. The highest BCUT2D eigenvalue weighted by atomic mass is 19.4. The number of pyridine rings is 1. The van der Waals surface area contributed by atoms with Crippen molar-refractivity contribution >= 4 is 10.9 Å². The average molecular weight is 421 g/mol. The van der Waals surface area contributed by atoms with Gasteiger partial charge in [0.25, 0.3) is 0 Å². The molecule has 0 amide bonds. The van der Waals surface area contributed by atoms with Crippen LogP contribution in [0.2, 0.25) is 0 Å². The van der Waals surface area contributed by atoms with E-state index in [-0.39, 0.29) is 11.3 Å². The number of alkyl halides is 3. The van der Waals surface area contributed by atoms with Crippen molar-refractivity contribution in [3.05, 3.63) is 71.2 Å². The normalized spacial score (nSPS) is 14.7. The van der Waals surface area contributed by atoms with Gasteiger partial charge in [0.05, 0.1) is 5.52 Å². The van der Waals surface area contributed by atoms with Crippen molar-refractivity contribution in [1.29, 1.82) is 0 Å². The van der Waals surface area contributed by atoms with Gasteiger partial charge in [-0.25, -0.2) is 4.39 Å². The molecule has 0 radical (unpaired) electrons. The first-order valence-electron chi connectivity index (χ1n) is 9.46. The third-order valence-corrected chi connectivity index (χ3v) is 5.36. The standard InChI is InChI=1S/C23H23F4NO2/c1-14-10-15(17-6-4-5-7-19(17)28-14)12-22(30,23(25,26)27)13-21(2,3)18-11-16(24)8-9-20(18)29/h4-11,29-30H,12-13H2,1-3H3. The summed E-state index contributed by atoms with van der Waals surface area (Å²) in [6.07, 6.45) is -6.42. The van der Waals surface area contributed by atoms with Crippen LogP contribution in [0, 0.1) is 12.7 Å². The minimum Gasteiger partial charge on any atom is -0.508 e. The molecule has 2 N–H and O–H groups in total. The Morgan fingerprint density at radius 3 is 2.33 bits per heavy atom. The molecule has 0 aliphatic heterocycles. The van der Waals surface area contributed by atoms with Gasteiger partial charge in [-0.1, -0.05) is 32.0 Å². The quantitative estimate of drug-likeness (QED) is 0.528. The van der Waals surface area contributed by atoms with E-state index in [9.17, 15) is 27.8 Å². The Hall–Kier alpha value is -2.67. The summed E-state index contributed by atoms with van der Waals surface area (Å²) in [5, 5.41) is 21.5. The highest BCUT2D eigenvalue weighted by Crippen LogP contribution is 2.45. The van der Waals surface area contributed by atoms with E-state index in [1.165, 1.54) is 19.9 Å². The molecule has 0 fully saturated rings. The van der Waals surface area contributed by atoms with E-state index in [1.807, 2.05) is 0 Å². The summed E-state index contributed by atoms with van der Waals surface area (Å²) >= 11 is 0. The Morgan fingerprint density at radius 2 is 1.67 bits per heavy atom. The average Bonchev–Trinajstić information content (AvgIpc) is 2.62. The van der Waals surface area contributed by atoms with Gasteiger partial charge < -0.3 is 10.2 Å². The fourth-order valence-electron chi connectivity index (χ4n) is 4.00. The maximum absolute atomic E-state index is 14.1. The third kappa shape index (κ3) is 4.26. The van der Waals surface area contributed by atoms with Gasteiger partial charge in [0.1, 0.15) is 11.6 Å². The van der Waals surface area contributed by atoms with Gasteiger partial charge in [0.2, 0.25) is 0 Å². The van der Waals surface area contributed by atoms with Crippen LogP contribution in [-0.4, -0.2) is 27.0 Å². The van der Waals surface area contributed by atoms with Crippen LogP contribution < -0.4 is 0 Å². The molecule has 0 saturated heterocycles.